The van der Waals surface area contributed by atoms with E-state index in [1.165, 1.54) is 36.7 Å². The molecule has 3 nitrogen and oxygen atoms in total. The van der Waals surface area contributed by atoms with Crippen molar-refractivity contribution in [2.75, 3.05) is 0 Å². The Balaban J connectivity index is 1.74. The summed E-state index contributed by atoms with van der Waals surface area (Å²) >= 11 is 1.36. The summed E-state index contributed by atoms with van der Waals surface area (Å²) in [7, 11) is 0. The Bertz CT molecular complexity index is 574. The molecule has 0 atom stereocenters. The van der Waals surface area contributed by atoms with Gasteiger partial charge in [-0.15, -0.1) is 0 Å². The molecule has 0 radical (unpaired) electrons. The van der Waals surface area contributed by atoms with Gasteiger partial charge in [-0.1, -0.05) is 25.0 Å². The van der Waals surface area contributed by atoms with Crippen molar-refractivity contribution in [3.63, 3.8) is 0 Å². The number of halogens is 1. The van der Waals surface area contributed by atoms with Gasteiger partial charge < -0.3 is 5.32 Å². The van der Waals surface area contributed by atoms with Crippen LogP contribution in [0.4, 0.5) is 4.39 Å². The Morgan fingerprint density at radius 2 is 1.95 bits per heavy atom. The minimum atomic E-state index is -0.279. The van der Waals surface area contributed by atoms with Crippen LogP contribution in [0.25, 0.3) is 6.08 Å². The second-order valence-electron chi connectivity index (χ2n) is 4.99. The van der Waals surface area contributed by atoms with Gasteiger partial charge in [0.25, 0.3) is 5.91 Å². The fourth-order valence-electron chi connectivity index (χ4n) is 2.40. The number of nitrogens with zero attached hydrogens (tertiary/aromatic N) is 1. The summed E-state index contributed by atoms with van der Waals surface area (Å²) in [5.74, 6) is -0.407. The van der Waals surface area contributed by atoms with Gasteiger partial charge in [-0.3, -0.25) is 9.79 Å². The minimum absolute atomic E-state index is 0.129. The highest BCUT2D eigenvalue weighted by atomic mass is 32.2. The van der Waals surface area contributed by atoms with Gasteiger partial charge in [0, 0.05) is 0 Å². The number of amides is 1. The minimum Gasteiger partial charge on any atom is -0.301 e. The zero-order valence-electron chi connectivity index (χ0n) is 10.9. The molecular weight excluding hydrogens is 275 g/mol. The summed E-state index contributed by atoms with van der Waals surface area (Å²) in [5, 5.41) is 3.48. The number of benzene rings is 1. The normalized spacial score (nSPS) is 23.8. The van der Waals surface area contributed by atoms with Crippen LogP contribution in [0.15, 0.2) is 34.2 Å². The first-order valence-electron chi connectivity index (χ1n) is 6.75. The molecule has 1 aromatic carbocycles. The number of carbonyl (C=O) groups is 1. The van der Waals surface area contributed by atoms with Crippen molar-refractivity contribution in [2.24, 2.45) is 4.99 Å². The molecule has 0 aromatic heterocycles. The van der Waals surface area contributed by atoms with Crippen molar-refractivity contribution in [1.82, 2.24) is 5.32 Å². The Morgan fingerprint density at radius 1 is 1.25 bits per heavy atom. The van der Waals surface area contributed by atoms with Crippen LogP contribution in [0.3, 0.4) is 0 Å². The number of aliphatic imine (C=N–C) groups is 1. The molecule has 1 N–H and O–H groups in total. The van der Waals surface area contributed by atoms with Crippen LogP contribution in [-0.2, 0) is 4.79 Å². The van der Waals surface area contributed by atoms with Gasteiger partial charge in [-0.2, -0.15) is 0 Å². The van der Waals surface area contributed by atoms with E-state index in [4.69, 9.17) is 0 Å². The third-order valence-corrected chi connectivity index (χ3v) is 4.37. The van der Waals surface area contributed by atoms with Gasteiger partial charge in [0.1, 0.15) is 5.82 Å². The Hall–Kier alpha value is -1.62. The van der Waals surface area contributed by atoms with Crippen molar-refractivity contribution < 1.29 is 9.18 Å². The summed E-state index contributed by atoms with van der Waals surface area (Å²) in [6.07, 6.45) is 6.42. The van der Waals surface area contributed by atoms with E-state index in [0.29, 0.717) is 16.1 Å². The average Bonchev–Trinajstić information content (AvgIpc) is 3.04. The number of carbonyl (C=O) groups excluding carboxylic acids is 1. The van der Waals surface area contributed by atoms with E-state index in [9.17, 15) is 9.18 Å². The molecule has 20 heavy (non-hydrogen) atoms. The van der Waals surface area contributed by atoms with Gasteiger partial charge in [0.2, 0.25) is 0 Å². The molecule has 1 saturated carbocycles. The predicted molar refractivity (Wildman–Crippen MR) is 79.8 cm³/mol. The first-order chi connectivity index (χ1) is 9.70. The third-order valence-electron chi connectivity index (χ3n) is 3.44. The molecule has 1 amide bonds. The zero-order chi connectivity index (χ0) is 13.9. The summed E-state index contributed by atoms with van der Waals surface area (Å²) in [6, 6.07) is 6.43. The van der Waals surface area contributed by atoms with E-state index >= 15 is 0 Å². The predicted octanol–water partition coefficient (Wildman–Crippen LogP) is 3.33. The Morgan fingerprint density at radius 3 is 2.65 bits per heavy atom. The molecule has 1 saturated heterocycles. The SMILES string of the molecule is O=C1NC(=NC2CCCC2)SC1=Cc1ccc(F)cc1. The van der Waals surface area contributed by atoms with E-state index < -0.39 is 0 Å². The lowest BCUT2D eigenvalue weighted by molar-refractivity contribution is -0.115. The van der Waals surface area contributed by atoms with E-state index in [-0.39, 0.29) is 11.7 Å². The van der Waals surface area contributed by atoms with Crippen LogP contribution >= 0.6 is 11.8 Å². The molecule has 0 spiro atoms. The molecule has 0 bridgehead atoms. The lowest BCUT2D eigenvalue weighted by Crippen LogP contribution is -2.21. The molecule has 1 aliphatic carbocycles. The molecule has 1 aromatic rings. The maximum atomic E-state index is 12.8. The van der Waals surface area contributed by atoms with E-state index in [1.54, 1.807) is 18.2 Å². The molecule has 3 rings (SSSR count). The maximum Gasteiger partial charge on any atom is 0.264 e. The maximum absolute atomic E-state index is 12.8. The van der Waals surface area contributed by atoms with Crippen LogP contribution < -0.4 is 5.32 Å². The monoisotopic (exact) mass is 290 g/mol. The van der Waals surface area contributed by atoms with Crippen molar-refractivity contribution in [1.29, 1.82) is 0 Å². The highest BCUT2D eigenvalue weighted by molar-refractivity contribution is 8.18. The molecule has 2 fully saturated rings. The van der Waals surface area contributed by atoms with Gasteiger partial charge in [-0.05, 0) is 48.4 Å². The fraction of sp³-hybridized carbons (Fsp3) is 0.333. The van der Waals surface area contributed by atoms with E-state index in [1.807, 2.05) is 0 Å². The highest BCUT2D eigenvalue weighted by Gasteiger charge is 2.25. The molecule has 0 unspecified atom stereocenters. The molecule has 2 aliphatic rings. The standard InChI is InChI=1S/C15H15FN2OS/c16-11-7-5-10(6-8-11)9-13-14(19)18-15(20-13)17-12-3-1-2-4-12/h5-9,12H,1-4H2,(H,17,18,19). The molecule has 5 heteroatoms. The van der Waals surface area contributed by atoms with Crippen LogP contribution in [0, 0.1) is 5.82 Å². The molecule has 1 heterocycles. The average molecular weight is 290 g/mol. The number of rotatable bonds is 2. The van der Waals surface area contributed by atoms with Crippen molar-refractivity contribution in [3.8, 4) is 0 Å². The van der Waals surface area contributed by atoms with Crippen LogP contribution in [-0.4, -0.2) is 17.1 Å². The van der Waals surface area contributed by atoms with Crippen LogP contribution in [0.5, 0.6) is 0 Å². The zero-order valence-corrected chi connectivity index (χ0v) is 11.8. The fourth-order valence-corrected chi connectivity index (χ4v) is 3.29. The van der Waals surface area contributed by atoms with E-state index in [0.717, 1.165) is 18.4 Å². The smallest absolute Gasteiger partial charge is 0.264 e. The number of hydrogen-bond donors (Lipinski definition) is 1. The number of thioether (sulfide) groups is 1. The number of nitrogens with one attached hydrogen (secondary N) is 1. The summed E-state index contributed by atoms with van der Waals surface area (Å²) < 4.78 is 12.8. The highest BCUT2D eigenvalue weighted by Crippen LogP contribution is 2.28. The van der Waals surface area contributed by atoms with Gasteiger partial charge in [-0.25, -0.2) is 4.39 Å². The van der Waals surface area contributed by atoms with E-state index in [2.05, 4.69) is 10.3 Å². The van der Waals surface area contributed by atoms with Crippen molar-refractivity contribution >= 4 is 28.9 Å². The number of hydrogen-bond acceptors (Lipinski definition) is 3. The summed E-state index contributed by atoms with van der Waals surface area (Å²) in [4.78, 5) is 17.1. The topological polar surface area (TPSA) is 41.5 Å². The number of amidine groups is 1. The van der Waals surface area contributed by atoms with Gasteiger partial charge in [0.05, 0.1) is 10.9 Å². The first-order valence-corrected chi connectivity index (χ1v) is 7.56. The molecule has 104 valence electrons. The summed E-state index contributed by atoms with van der Waals surface area (Å²) in [5.41, 5.74) is 0.811. The van der Waals surface area contributed by atoms with Crippen molar-refractivity contribution in [2.45, 2.75) is 31.7 Å². The second-order valence-corrected chi connectivity index (χ2v) is 6.02. The van der Waals surface area contributed by atoms with Gasteiger partial charge in [0.15, 0.2) is 5.17 Å². The van der Waals surface area contributed by atoms with Gasteiger partial charge >= 0.3 is 0 Å². The molecular formula is C15H15FN2OS. The first kappa shape index (κ1) is 13.4. The summed E-state index contributed by atoms with van der Waals surface area (Å²) in [6.45, 7) is 0. The second kappa shape index (κ2) is 5.79. The Labute approximate surface area is 121 Å². The molecule has 1 aliphatic heterocycles. The van der Waals surface area contributed by atoms with Crippen LogP contribution in [0.2, 0.25) is 0 Å². The third kappa shape index (κ3) is 3.10. The quantitative estimate of drug-likeness (QED) is 0.849. The lowest BCUT2D eigenvalue weighted by atomic mass is 10.2. The largest absolute Gasteiger partial charge is 0.301 e. The van der Waals surface area contributed by atoms with Crippen molar-refractivity contribution in [3.05, 3.63) is 40.6 Å². The Kier molecular flexibility index (Phi) is 3.87. The lowest BCUT2D eigenvalue weighted by Gasteiger charge is -2.02. The van der Waals surface area contributed by atoms with Crippen LogP contribution in [0.1, 0.15) is 31.2 Å².